The number of carbonyl (C=O) groups excluding carboxylic acids is 1. The summed E-state index contributed by atoms with van der Waals surface area (Å²) in [6.07, 6.45) is 1.84. The molecule has 1 amide bonds. The molecule has 3 aromatic carbocycles. The third-order valence-corrected chi connectivity index (χ3v) is 7.34. The van der Waals surface area contributed by atoms with E-state index >= 15 is 0 Å². The molecule has 2 aliphatic heterocycles. The number of halogens is 1. The largest absolute Gasteiger partial charge is 0.489 e. The first kappa shape index (κ1) is 24.9. The fraction of sp³-hybridized carbons (Fsp3) is 0.185. The molecule has 1 saturated heterocycles. The minimum Gasteiger partial charge on any atom is -0.489 e. The van der Waals surface area contributed by atoms with Crippen LogP contribution in [-0.2, 0) is 11.4 Å². The molecule has 0 aliphatic carbocycles. The molecule has 0 N–H and O–H groups in total. The van der Waals surface area contributed by atoms with E-state index in [1.807, 2.05) is 48.5 Å². The third kappa shape index (κ3) is 6.12. The molecule has 37 heavy (non-hydrogen) atoms. The van der Waals surface area contributed by atoms with Gasteiger partial charge < -0.3 is 14.5 Å². The number of non-ortho nitro benzene ring substituents is 1. The summed E-state index contributed by atoms with van der Waals surface area (Å²) in [5.74, 6) is 0.441. The number of rotatable bonds is 6. The second-order valence-electron chi connectivity index (χ2n) is 8.55. The predicted octanol–water partition coefficient (Wildman–Crippen LogP) is 5.62. The van der Waals surface area contributed by atoms with E-state index < -0.39 is 4.92 Å². The lowest BCUT2D eigenvalue weighted by Crippen LogP contribution is -2.47. The van der Waals surface area contributed by atoms with Gasteiger partial charge in [0.1, 0.15) is 12.4 Å². The fourth-order valence-corrected chi connectivity index (χ4v) is 5.20. The van der Waals surface area contributed by atoms with E-state index in [1.54, 1.807) is 12.1 Å². The summed E-state index contributed by atoms with van der Waals surface area (Å²) in [5.41, 5.74) is 2.86. The maximum Gasteiger partial charge on any atom is 0.286 e. The van der Waals surface area contributed by atoms with Gasteiger partial charge in [-0.3, -0.25) is 14.9 Å². The molecule has 188 valence electrons. The average Bonchev–Trinajstić information content (AvgIpc) is 3.28. The molecule has 1 fully saturated rings. The van der Waals surface area contributed by atoms with Crippen molar-refractivity contribution in [3.8, 4) is 5.75 Å². The van der Waals surface area contributed by atoms with Crippen LogP contribution in [0.2, 0.25) is 5.02 Å². The number of amidine groups is 1. The first-order chi connectivity index (χ1) is 17.9. The topological polar surface area (TPSA) is 88.3 Å². The molecule has 2 heterocycles. The number of hydrogen-bond acceptors (Lipinski definition) is 7. The summed E-state index contributed by atoms with van der Waals surface area (Å²) in [6, 6.07) is 21.5. The number of benzene rings is 3. The van der Waals surface area contributed by atoms with Crippen molar-refractivity contribution < 1.29 is 14.5 Å². The Morgan fingerprint density at radius 1 is 1.00 bits per heavy atom. The van der Waals surface area contributed by atoms with Gasteiger partial charge in [-0.2, -0.15) is 4.99 Å². The van der Waals surface area contributed by atoms with Crippen LogP contribution in [0.25, 0.3) is 6.08 Å². The summed E-state index contributed by atoms with van der Waals surface area (Å²) in [5, 5.41) is 12.2. The zero-order valence-corrected chi connectivity index (χ0v) is 21.3. The van der Waals surface area contributed by atoms with Gasteiger partial charge in [0.15, 0.2) is 5.17 Å². The highest BCUT2D eigenvalue weighted by molar-refractivity contribution is 8.18. The minimum absolute atomic E-state index is 0.0485. The Morgan fingerprint density at radius 3 is 2.38 bits per heavy atom. The monoisotopic (exact) mass is 534 g/mol. The first-order valence-corrected chi connectivity index (χ1v) is 12.9. The van der Waals surface area contributed by atoms with E-state index in [9.17, 15) is 14.9 Å². The van der Waals surface area contributed by atoms with Crippen LogP contribution in [0.1, 0.15) is 11.1 Å². The Labute approximate surface area is 223 Å². The van der Waals surface area contributed by atoms with Crippen LogP contribution in [-0.4, -0.2) is 47.1 Å². The molecule has 0 radical (unpaired) electrons. The van der Waals surface area contributed by atoms with Crippen LogP contribution >= 0.6 is 23.4 Å². The summed E-state index contributed by atoms with van der Waals surface area (Å²) >= 11 is 7.53. The van der Waals surface area contributed by atoms with E-state index in [0.717, 1.165) is 53.2 Å². The molecule has 10 heteroatoms. The second kappa shape index (κ2) is 11.1. The maximum atomic E-state index is 12.6. The van der Waals surface area contributed by atoms with Gasteiger partial charge in [-0.15, -0.1) is 0 Å². The van der Waals surface area contributed by atoms with Crippen molar-refractivity contribution in [3.05, 3.63) is 104 Å². The van der Waals surface area contributed by atoms with E-state index in [0.29, 0.717) is 17.3 Å². The van der Waals surface area contributed by atoms with Gasteiger partial charge in [0.25, 0.3) is 11.6 Å². The van der Waals surface area contributed by atoms with Gasteiger partial charge >= 0.3 is 0 Å². The second-order valence-corrected chi connectivity index (χ2v) is 9.99. The lowest BCUT2D eigenvalue weighted by atomic mass is 10.2. The smallest absolute Gasteiger partial charge is 0.286 e. The van der Waals surface area contributed by atoms with Gasteiger partial charge in [-0.25, -0.2) is 0 Å². The number of nitro groups is 1. The number of nitrogens with zero attached hydrogens (tertiary/aromatic N) is 4. The number of hydrogen-bond donors (Lipinski definition) is 0. The number of amides is 1. The zero-order chi connectivity index (χ0) is 25.8. The highest BCUT2D eigenvalue weighted by Crippen LogP contribution is 2.31. The Morgan fingerprint density at radius 2 is 1.70 bits per heavy atom. The third-order valence-electron chi connectivity index (χ3n) is 6.06. The van der Waals surface area contributed by atoms with Crippen molar-refractivity contribution in [1.29, 1.82) is 0 Å². The first-order valence-electron chi connectivity index (χ1n) is 11.7. The summed E-state index contributed by atoms with van der Waals surface area (Å²) in [6.45, 7) is 3.51. The van der Waals surface area contributed by atoms with Crippen LogP contribution in [0.4, 0.5) is 11.4 Å². The molecule has 2 aliphatic rings. The van der Waals surface area contributed by atoms with Crippen LogP contribution < -0.4 is 9.64 Å². The number of carbonyl (C=O) groups is 1. The van der Waals surface area contributed by atoms with Gasteiger partial charge in [0, 0.05) is 49.0 Å². The van der Waals surface area contributed by atoms with Crippen molar-refractivity contribution in [2.24, 2.45) is 4.99 Å². The maximum absolute atomic E-state index is 12.6. The molecular weight excluding hydrogens is 512 g/mol. The number of thioether (sulfide) groups is 1. The Kier molecular flexibility index (Phi) is 7.43. The highest BCUT2D eigenvalue weighted by Gasteiger charge is 2.28. The van der Waals surface area contributed by atoms with Gasteiger partial charge in [-0.05, 0) is 71.4 Å². The molecule has 5 rings (SSSR count). The lowest BCUT2D eigenvalue weighted by molar-refractivity contribution is -0.384. The number of aliphatic imine (C=N–C) groups is 1. The Balaban J connectivity index is 1.14. The van der Waals surface area contributed by atoms with Gasteiger partial charge in [0.2, 0.25) is 0 Å². The summed E-state index contributed by atoms with van der Waals surface area (Å²) in [7, 11) is 0. The van der Waals surface area contributed by atoms with Crippen LogP contribution in [0.3, 0.4) is 0 Å². The molecule has 0 bridgehead atoms. The zero-order valence-electron chi connectivity index (χ0n) is 19.7. The van der Waals surface area contributed by atoms with Crippen molar-refractivity contribution in [2.75, 3.05) is 31.1 Å². The Bertz CT molecular complexity index is 1370. The summed E-state index contributed by atoms with van der Waals surface area (Å²) in [4.78, 5) is 32.2. The SMILES string of the molecule is O=C1N=C(N2CCN(c3cccc(Cl)c3)CC2)SC1=Cc1ccc(OCc2ccc([N+](=O)[O-])cc2)cc1. The molecule has 0 spiro atoms. The molecule has 8 nitrogen and oxygen atoms in total. The van der Waals surface area contributed by atoms with Crippen LogP contribution in [0.15, 0.2) is 82.7 Å². The normalized spacial score (nSPS) is 16.7. The van der Waals surface area contributed by atoms with Crippen molar-refractivity contribution in [2.45, 2.75) is 6.61 Å². The van der Waals surface area contributed by atoms with Crippen LogP contribution in [0, 0.1) is 10.1 Å². The minimum atomic E-state index is -0.429. The molecular formula is C27H23ClN4O4S. The molecule has 0 atom stereocenters. The van der Waals surface area contributed by atoms with E-state index in [4.69, 9.17) is 16.3 Å². The molecule has 0 aromatic heterocycles. The van der Waals surface area contributed by atoms with E-state index in [2.05, 4.69) is 20.9 Å². The van der Waals surface area contributed by atoms with E-state index in [-0.39, 0.29) is 11.6 Å². The molecule has 0 saturated carbocycles. The van der Waals surface area contributed by atoms with Gasteiger partial charge in [0.05, 0.1) is 9.83 Å². The van der Waals surface area contributed by atoms with Crippen molar-refractivity contribution in [3.63, 3.8) is 0 Å². The summed E-state index contributed by atoms with van der Waals surface area (Å²) < 4.78 is 5.78. The number of piperazine rings is 1. The van der Waals surface area contributed by atoms with Crippen molar-refractivity contribution >= 4 is 51.9 Å². The molecule has 3 aromatic rings. The Hall–Kier alpha value is -3.82. The van der Waals surface area contributed by atoms with E-state index in [1.165, 1.54) is 23.9 Å². The van der Waals surface area contributed by atoms with Gasteiger partial charge in [-0.1, -0.05) is 29.8 Å². The fourth-order valence-electron chi connectivity index (χ4n) is 4.05. The highest BCUT2D eigenvalue weighted by atomic mass is 35.5. The number of ether oxygens (including phenoxy) is 1. The predicted molar refractivity (Wildman–Crippen MR) is 147 cm³/mol. The lowest BCUT2D eigenvalue weighted by Gasteiger charge is -2.36. The average molecular weight is 535 g/mol. The number of nitro benzene ring substituents is 1. The quantitative estimate of drug-likeness (QED) is 0.230. The van der Waals surface area contributed by atoms with Crippen molar-refractivity contribution in [1.82, 2.24) is 4.90 Å². The van der Waals surface area contributed by atoms with Crippen LogP contribution in [0.5, 0.6) is 5.75 Å². The molecule has 0 unspecified atom stereocenters. The standard InChI is InChI=1S/C27H23ClN4O4S/c28-21-2-1-3-23(17-21)30-12-14-31(15-13-30)27-29-26(33)25(37-27)16-19-6-10-24(11-7-19)36-18-20-4-8-22(9-5-20)32(34)35/h1-11,16-17H,12-15,18H2. The number of anilines is 1.